The second-order valence-electron chi connectivity index (χ2n) is 7.00. The van der Waals surface area contributed by atoms with Crippen molar-refractivity contribution >= 4 is 21.6 Å². The van der Waals surface area contributed by atoms with Gasteiger partial charge in [0, 0.05) is 25.0 Å². The molecule has 0 aliphatic heterocycles. The highest BCUT2D eigenvalue weighted by Gasteiger charge is 2.28. The molecule has 3 rings (SSSR count). The van der Waals surface area contributed by atoms with Crippen molar-refractivity contribution in [1.29, 1.82) is 0 Å². The highest BCUT2D eigenvalue weighted by Crippen LogP contribution is 2.32. The van der Waals surface area contributed by atoms with Crippen LogP contribution < -0.4 is 19.1 Å². The molecule has 0 saturated heterocycles. The maximum Gasteiger partial charge on any atom is 0.264 e. The number of methoxy groups -OCH3 is 2. The molecule has 168 valence electrons. The average Bonchev–Trinajstić information content (AvgIpc) is 2.82. The topological polar surface area (TPSA) is 97.8 Å². The summed E-state index contributed by atoms with van der Waals surface area (Å²) in [6.45, 7) is 1.78. The highest BCUT2D eigenvalue weighted by molar-refractivity contribution is 7.92. The van der Waals surface area contributed by atoms with E-state index in [9.17, 15) is 13.2 Å². The lowest BCUT2D eigenvalue weighted by Gasteiger charge is -2.24. The number of benzene rings is 2. The van der Waals surface area contributed by atoms with Gasteiger partial charge in [-0.25, -0.2) is 8.42 Å². The Bertz CT molecular complexity index is 1170. The molecule has 9 heteroatoms. The number of hydrogen-bond donors (Lipinski definition) is 1. The van der Waals surface area contributed by atoms with Gasteiger partial charge in [-0.05, 0) is 48.9 Å². The molecular formula is C23H25N3O5S. The zero-order valence-corrected chi connectivity index (χ0v) is 18.9. The van der Waals surface area contributed by atoms with Crippen molar-refractivity contribution in [2.24, 2.45) is 0 Å². The highest BCUT2D eigenvalue weighted by atomic mass is 32.2. The van der Waals surface area contributed by atoms with Gasteiger partial charge in [0.05, 0.1) is 24.8 Å². The van der Waals surface area contributed by atoms with E-state index in [0.29, 0.717) is 11.4 Å². The Balaban J connectivity index is 1.91. The summed E-state index contributed by atoms with van der Waals surface area (Å²) in [5, 5.41) is 2.76. The van der Waals surface area contributed by atoms with E-state index in [1.807, 2.05) is 6.92 Å². The molecule has 2 aromatic carbocycles. The van der Waals surface area contributed by atoms with Crippen LogP contribution in [0.15, 0.2) is 71.9 Å². The van der Waals surface area contributed by atoms with Crippen LogP contribution in [0.4, 0.5) is 5.69 Å². The Hall–Kier alpha value is -3.59. The molecule has 3 aromatic rings. The number of carbonyl (C=O) groups is 1. The number of amides is 1. The van der Waals surface area contributed by atoms with Crippen LogP contribution in [0.1, 0.15) is 11.1 Å². The second kappa shape index (κ2) is 10.1. The number of aryl methyl sites for hydroxylation is 1. The van der Waals surface area contributed by atoms with Gasteiger partial charge in [-0.2, -0.15) is 0 Å². The monoisotopic (exact) mass is 455 g/mol. The number of nitrogens with one attached hydrogen (secondary N) is 1. The van der Waals surface area contributed by atoms with Crippen LogP contribution in [0.25, 0.3) is 0 Å². The number of nitrogens with zero attached hydrogens (tertiary/aromatic N) is 2. The maximum atomic E-state index is 13.5. The number of anilines is 1. The van der Waals surface area contributed by atoms with Crippen molar-refractivity contribution < 1.29 is 22.7 Å². The fraction of sp³-hybridized carbons (Fsp3) is 0.217. The van der Waals surface area contributed by atoms with Gasteiger partial charge in [-0.3, -0.25) is 14.1 Å². The molecule has 0 aliphatic rings. The maximum absolute atomic E-state index is 13.5. The average molecular weight is 456 g/mol. The number of hydrogen-bond acceptors (Lipinski definition) is 6. The van der Waals surface area contributed by atoms with Gasteiger partial charge in [-0.15, -0.1) is 0 Å². The molecule has 0 radical (unpaired) electrons. The smallest absolute Gasteiger partial charge is 0.264 e. The third-order valence-electron chi connectivity index (χ3n) is 4.79. The predicted molar refractivity (Wildman–Crippen MR) is 121 cm³/mol. The molecule has 1 amide bonds. The lowest BCUT2D eigenvalue weighted by Crippen LogP contribution is -2.40. The van der Waals surface area contributed by atoms with Gasteiger partial charge < -0.3 is 14.8 Å². The van der Waals surface area contributed by atoms with E-state index < -0.39 is 15.9 Å². The van der Waals surface area contributed by atoms with Crippen LogP contribution in [-0.4, -0.2) is 40.1 Å². The van der Waals surface area contributed by atoms with E-state index in [-0.39, 0.29) is 23.7 Å². The molecule has 0 spiro atoms. The van der Waals surface area contributed by atoms with Crippen molar-refractivity contribution in [3.63, 3.8) is 0 Å². The summed E-state index contributed by atoms with van der Waals surface area (Å²) in [7, 11) is -1.18. The molecule has 1 aromatic heterocycles. The summed E-state index contributed by atoms with van der Waals surface area (Å²) in [5.74, 6) is 0.245. The molecular weight excluding hydrogens is 430 g/mol. The lowest BCUT2D eigenvalue weighted by atomic mass is 10.2. The normalized spacial score (nSPS) is 11.0. The SMILES string of the molecule is COc1ccc(S(=O)(=O)N(CC(=O)NCc2ccncc2)c2ccc(C)cc2)cc1OC. The zero-order chi connectivity index (χ0) is 23.1. The second-order valence-corrected chi connectivity index (χ2v) is 8.86. The summed E-state index contributed by atoms with van der Waals surface area (Å²) in [6.07, 6.45) is 3.25. The van der Waals surface area contributed by atoms with Crippen molar-refractivity contribution in [1.82, 2.24) is 10.3 Å². The van der Waals surface area contributed by atoms with Crippen molar-refractivity contribution in [3.8, 4) is 11.5 Å². The van der Waals surface area contributed by atoms with E-state index in [1.165, 1.54) is 32.4 Å². The van der Waals surface area contributed by atoms with Gasteiger partial charge in [-0.1, -0.05) is 17.7 Å². The van der Waals surface area contributed by atoms with Crippen molar-refractivity contribution in [2.45, 2.75) is 18.4 Å². The Labute approximate surface area is 187 Å². The Morgan fingerprint density at radius 2 is 1.62 bits per heavy atom. The minimum atomic E-state index is -4.08. The van der Waals surface area contributed by atoms with Crippen LogP contribution in [0, 0.1) is 6.92 Å². The van der Waals surface area contributed by atoms with Crippen LogP contribution in [0.2, 0.25) is 0 Å². The summed E-state index contributed by atoms with van der Waals surface area (Å²) >= 11 is 0. The summed E-state index contributed by atoms with van der Waals surface area (Å²) in [4.78, 5) is 16.6. The molecule has 0 atom stereocenters. The molecule has 0 saturated carbocycles. The molecule has 1 N–H and O–H groups in total. The van der Waals surface area contributed by atoms with E-state index in [0.717, 1.165) is 15.4 Å². The molecule has 8 nitrogen and oxygen atoms in total. The van der Waals surface area contributed by atoms with Crippen molar-refractivity contribution in [3.05, 3.63) is 78.1 Å². The Kier molecular flexibility index (Phi) is 7.32. The van der Waals surface area contributed by atoms with E-state index >= 15 is 0 Å². The number of aromatic nitrogens is 1. The van der Waals surface area contributed by atoms with E-state index in [1.54, 1.807) is 48.8 Å². The van der Waals surface area contributed by atoms with Crippen LogP contribution in [0.5, 0.6) is 11.5 Å². The lowest BCUT2D eigenvalue weighted by molar-refractivity contribution is -0.119. The van der Waals surface area contributed by atoms with Crippen LogP contribution in [0.3, 0.4) is 0 Å². The van der Waals surface area contributed by atoms with Crippen LogP contribution >= 0.6 is 0 Å². The summed E-state index contributed by atoms with van der Waals surface area (Å²) < 4.78 is 38.6. The number of sulfonamides is 1. The van der Waals surface area contributed by atoms with E-state index in [4.69, 9.17) is 9.47 Å². The number of ether oxygens (including phenoxy) is 2. The fourth-order valence-corrected chi connectivity index (χ4v) is 4.45. The molecule has 0 bridgehead atoms. The van der Waals surface area contributed by atoms with Gasteiger partial charge in [0.1, 0.15) is 6.54 Å². The number of pyridine rings is 1. The van der Waals surface area contributed by atoms with Gasteiger partial charge in [0.2, 0.25) is 5.91 Å². The summed E-state index contributed by atoms with van der Waals surface area (Å²) in [5.41, 5.74) is 2.21. The van der Waals surface area contributed by atoms with Crippen molar-refractivity contribution in [2.75, 3.05) is 25.1 Å². The first-order valence-corrected chi connectivity index (χ1v) is 11.3. The molecule has 0 fully saturated rings. The fourth-order valence-electron chi connectivity index (χ4n) is 3.02. The first-order chi connectivity index (χ1) is 15.3. The van der Waals surface area contributed by atoms with Crippen LogP contribution in [-0.2, 0) is 21.4 Å². The summed E-state index contributed by atoms with van der Waals surface area (Å²) in [6, 6.07) is 14.8. The molecule has 0 unspecified atom stereocenters. The molecule has 1 heterocycles. The third-order valence-corrected chi connectivity index (χ3v) is 6.56. The third kappa shape index (κ3) is 5.36. The standard InChI is InChI=1S/C23H25N3O5S/c1-17-4-6-19(7-5-17)26(16-23(27)25-15-18-10-12-24-13-11-18)32(28,29)20-8-9-21(30-2)22(14-20)31-3/h4-14H,15-16H2,1-3H3,(H,25,27). The number of carbonyl (C=O) groups excluding carboxylic acids is 1. The van der Waals surface area contributed by atoms with E-state index in [2.05, 4.69) is 10.3 Å². The first-order valence-electron chi connectivity index (χ1n) is 9.82. The minimum Gasteiger partial charge on any atom is -0.493 e. The number of rotatable bonds is 9. The molecule has 32 heavy (non-hydrogen) atoms. The predicted octanol–water partition coefficient (Wildman–Crippen LogP) is 2.92. The Morgan fingerprint density at radius 1 is 0.969 bits per heavy atom. The van der Waals surface area contributed by atoms with Gasteiger partial charge in [0.25, 0.3) is 10.0 Å². The van der Waals surface area contributed by atoms with Gasteiger partial charge in [0.15, 0.2) is 11.5 Å². The molecule has 0 aliphatic carbocycles. The minimum absolute atomic E-state index is 0.0161. The largest absolute Gasteiger partial charge is 0.493 e. The first kappa shape index (κ1) is 23.1. The Morgan fingerprint density at radius 3 is 2.25 bits per heavy atom. The van der Waals surface area contributed by atoms with Gasteiger partial charge >= 0.3 is 0 Å². The quantitative estimate of drug-likeness (QED) is 0.533. The zero-order valence-electron chi connectivity index (χ0n) is 18.1.